The van der Waals surface area contributed by atoms with Crippen LogP contribution in [0.3, 0.4) is 0 Å². The third kappa shape index (κ3) is 3.77. The van der Waals surface area contributed by atoms with E-state index in [9.17, 15) is 0 Å². The second kappa shape index (κ2) is 5.54. The molecule has 2 heterocycles. The Morgan fingerprint density at radius 2 is 2.00 bits per heavy atom. The van der Waals surface area contributed by atoms with Crippen LogP contribution in [-0.2, 0) is 13.9 Å². The number of hydrogen-bond acceptors (Lipinski definition) is 4. The van der Waals surface area contributed by atoms with E-state index in [0.29, 0.717) is 6.61 Å². The van der Waals surface area contributed by atoms with Gasteiger partial charge in [0.05, 0.1) is 19.1 Å². The van der Waals surface area contributed by atoms with E-state index in [2.05, 4.69) is 33.9 Å². The van der Waals surface area contributed by atoms with E-state index in [4.69, 9.17) is 18.3 Å². The lowest BCUT2D eigenvalue weighted by atomic mass is 10.1. The summed E-state index contributed by atoms with van der Waals surface area (Å²) >= 11 is 0. The van der Waals surface area contributed by atoms with Gasteiger partial charge in [-0.25, -0.2) is 0 Å². The summed E-state index contributed by atoms with van der Waals surface area (Å²) in [5.41, 5.74) is 1.02. The molecule has 120 valence electrons. The molecular weight excluding hydrogens is 284 g/mol. The zero-order chi connectivity index (χ0) is 15.9. The Kier molecular flexibility index (Phi) is 4.41. The van der Waals surface area contributed by atoms with Gasteiger partial charge >= 0.3 is 0 Å². The average Bonchev–Trinajstić information content (AvgIpc) is 2.93. The maximum Gasteiger partial charge on any atom is 0.193 e. The molecule has 2 rings (SSSR count). The van der Waals surface area contributed by atoms with Crippen LogP contribution in [0.4, 0.5) is 0 Å². The van der Waals surface area contributed by atoms with Gasteiger partial charge in [0.2, 0.25) is 0 Å². The van der Waals surface area contributed by atoms with E-state index in [-0.39, 0.29) is 17.2 Å². The van der Waals surface area contributed by atoms with E-state index in [1.54, 1.807) is 12.5 Å². The molecule has 2 atom stereocenters. The van der Waals surface area contributed by atoms with Crippen molar-refractivity contribution in [3.63, 3.8) is 0 Å². The van der Waals surface area contributed by atoms with Crippen molar-refractivity contribution in [2.45, 2.75) is 70.7 Å². The molecule has 0 bridgehead atoms. The lowest BCUT2D eigenvalue weighted by Gasteiger charge is -2.40. The van der Waals surface area contributed by atoms with Crippen LogP contribution in [0.15, 0.2) is 23.0 Å². The molecule has 0 unspecified atom stereocenters. The Balaban J connectivity index is 2.23. The van der Waals surface area contributed by atoms with Crippen LogP contribution in [0.1, 0.15) is 46.3 Å². The molecule has 0 aromatic carbocycles. The van der Waals surface area contributed by atoms with E-state index in [1.807, 2.05) is 19.9 Å². The number of hydrogen-bond donors (Lipinski definition) is 0. The van der Waals surface area contributed by atoms with E-state index in [1.165, 1.54) is 0 Å². The minimum Gasteiger partial charge on any atom is -0.472 e. The Labute approximate surface area is 128 Å². The predicted octanol–water partition coefficient (Wildman–Crippen LogP) is 4.49. The molecule has 0 saturated carbocycles. The summed E-state index contributed by atoms with van der Waals surface area (Å²) < 4.78 is 23.6. The first-order chi connectivity index (χ1) is 9.52. The molecular formula is C16H28O4Si. The van der Waals surface area contributed by atoms with Crippen LogP contribution in [0, 0.1) is 0 Å². The van der Waals surface area contributed by atoms with Crippen molar-refractivity contribution in [1.29, 1.82) is 0 Å². The van der Waals surface area contributed by atoms with Crippen LogP contribution in [0.5, 0.6) is 0 Å². The Bertz CT molecular complexity index is 459. The van der Waals surface area contributed by atoms with Crippen LogP contribution in [-0.4, -0.2) is 26.8 Å². The number of ether oxygens (including phenoxy) is 2. The van der Waals surface area contributed by atoms with Crippen LogP contribution < -0.4 is 0 Å². The highest BCUT2D eigenvalue weighted by atomic mass is 28.4. The topological polar surface area (TPSA) is 40.8 Å². The number of furan rings is 1. The highest BCUT2D eigenvalue weighted by molar-refractivity contribution is 6.74. The van der Waals surface area contributed by atoms with Crippen molar-refractivity contribution in [3.8, 4) is 0 Å². The maximum absolute atomic E-state index is 6.60. The van der Waals surface area contributed by atoms with Gasteiger partial charge in [-0.2, -0.15) is 0 Å². The molecule has 1 aliphatic rings. The monoisotopic (exact) mass is 312 g/mol. The smallest absolute Gasteiger partial charge is 0.193 e. The summed E-state index contributed by atoms with van der Waals surface area (Å²) in [6, 6.07) is 1.95. The SMILES string of the molecule is CC1(C)OC[C@H]([C@H](O[Si](C)(C)C(C)(C)C)c2ccoc2)O1. The highest BCUT2D eigenvalue weighted by Gasteiger charge is 2.45. The molecule has 0 N–H and O–H groups in total. The van der Waals surface area contributed by atoms with Gasteiger partial charge in [0.25, 0.3) is 0 Å². The molecule has 1 aliphatic heterocycles. The van der Waals surface area contributed by atoms with Crippen molar-refractivity contribution in [1.82, 2.24) is 0 Å². The largest absolute Gasteiger partial charge is 0.472 e. The molecule has 5 heteroatoms. The van der Waals surface area contributed by atoms with Crippen LogP contribution in [0.2, 0.25) is 18.1 Å². The molecule has 0 radical (unpaired) electrons. The van der Waals surface area contributed by atoms with Gasteiger partial charge in [-0.15, -0.1) is 0 Å². The first kappa shape index (κ1) is 16.7. The second-order valence-electron chi connectivity index (χ2n) is 7.72. The van der Waals surface area contributed by atoms with Crippen molar-refractivity contribution >= 4 is 8.32 Å². The molecule has 1 saturated heterocycles. The van der Waals surface area contributed by atoms with E-state index < -0.39 is 14.1 Å². The summed E-state index contributed by atoms with van der Waals surface area (Å²) in [5.74, 6) is -0.552. The summed E-state index contributed by atoms with van der Waals surface area (Å²) in [6.07, 6.45) is 3.17. The number of rotatable bonds is 4. The molecule has 1 fully saturated rings. The lowest BCUT2D eigenvalue weighted by Crippen LogP contribution is -2.44. The standard InChI is InChI=1S/C16H28O4Si/c1-15(2,3)21(6,7)20-14(12-8-9-17-10-12)13-11-18-16(4,5)19-13/h8-10,13-14H,11H2,1-7H3/t13-,14-/m1/s1. The minimum absolute atomic E-state index is 0.105. The molecule has 0 spiro atoms. The fourth-order valence-electron chi connectivity index (χ4n) is 2.15. The molecule has 4 nitrogen and oxygen atoms in total. The third-order valence-electron chi connectivity index (χ3n) is 4.47. The first-order valence-electron chi connectivity index (χ1n) is 7.53. The summed E-state index contributed by atoms with van der Waals surface area (Å²) in [5, 5.41) is 0.143. The van der Waals surface area contributed by atoms with Crippen molar-refractivity contribution in [3.05, 3.63) is 24.2 Å². The highest BCUT2D eigenvalue weighted by Crippen LogP contribution is 2.42. The second-order valence-corrected chi connectivity index (χ2v) is 12.5. The minimum atomic E-state index is -1.92. The van der Waals surface area contributed by atoms with Gasteiger partial charge in [-0.3, -0.25) is 0 Å². The lowest BCUT2D eigenvalue weighted by molar-refractivity contribution is -0.150. The van der Waals surface area contributed by atoms with Gasteiger partial charge in [0.15, 0.2) is 14.1 Å². The van der Waals surface area contributed by atoms with Crippen LogP contribution in [0.25, 0.3) is 0 Å². The quantitative estimate of drug-likeness (QED) is 0.768. The third-order valence-corrected chi connectivity index (χ3v) is 8.92. The molecule has 1 aromatic rings. The molecule has 21 heavy (non-hydrogen) atoms. The molecule has 1 aromatic heterocycles. The van der Waals surface area contributed by atoms with Gasteiger partial charge in [0, 0.05) is 5.56 Å². The van der Waals surface area contributed by atoms with Crippen molar-refractivity contribution < 1.29 is 18.3 Å². The van der Waals surface area contributed by atoms with Gasteiger partial charge in [-0.05, 0) is 38.0 Å². The van der Waals surface area contributed by atoms with Gasteiger partial charge < -0.3 is 18.3 Å². The van der Waals surface area contributed by atoms with E-state index in [0.717, 1.165) is 5.56 Å². The van der Waals surface area contributed by atoms with E-state index >= 15 is 0 Å². The maximum atomic E-state index is 6.60. The van der Waals surface area contributed by atoms with Crippen molar-refractivity contribution in [2.24, 2.45) is 0 Å². The average molecular weight is 312 g/mol. The Morgan fingerprint density at radius 3 is 2.43 bits per heavy atom. The first-order valence-corrected chi connectivity index (χ1v) is 10.4. The fraction of sp³-hybridized carbons (Fsp3) is 0.750. The summed E-state index contributed by atoms with van der Waals surface area (Å²) in [7, 11) is -1.92. The molecule has 0 amide bonds. The predicted molar refractivity (Wildman–Crippen MR) is 84.6 cm³/mol. The summed E-state index contributed by atoms with van der Waals surface area (Å²) in [6.45, 7) is 15.6. The van der Waals surface area contributed by atoms with Gasteiger partial charge in [0.1, 0.15) is 12.2 Å². The normalized spacial score (nSPS) is 24.2. The fourth-order valence-corrected chi connectivity index (χ4v) is 3.43. The van der Waals surface area contributed by atoms with Crippen molar-refractivity contribution in [2.75, 3.05) is 6.61 Å². The Morgan fingerprint density at radius 1 is 1.33 bits per heavy atom. The zero-order valence-electron chi connectivity index (χ0n) is 14.2. The van der Waals surface area contributed by atoms with Crippen LogP contribution >= 0.6 is 0 Å². The summed E-state index contributed by atoms with van der Waals surface area (Å²) in [4.78, 5) is 0. The zero-order valence-corrected chi connectivity index (χ0v) is 15.2. The Hall–Kier alpha value is -0.623. The molecule has 0 aliphatic carbocycles. The van der Waals surface area contributed by atoms with Gasteiger partial charge in [-0.1, -0.05) is 20.8 Å².